The van der Waals surface area contributed by atoms with E-state index in [1.54, 1.807) is 12.1 Å². The van der Waals surface area contributed by atoms with E-state index in [9.17, 15) is 25.5 Å². The fraction of sp³-hybridized carbons (Fsp3) is 0.310. The van der Waals surface area contributed by atoms with Crippen molar-refractivity contribution >= 4 is 61.6 Å². The lowest BCUT2D eigenvalue weighted by molar-refractivity contribution is 0.110. The van der Waals surface area contributed by atoms with Crippen LogP contribution in [0.4, 0.5) is 17.1 Å². The maximum Gasteiger partial charge on any atom is 0.115 e. The van der Waals surface area contributed by atoms with E-state index >= 15 is 0 Å². The maximum atomic E-state index is 9.84. The molecule has 4 aliphatic rings. The minimum absolute atomic E-state index is 0.166. The van der Waals surface area contributed by atoms with Gasteiger partial charge in [-0.25, -0.2) is 0 Å². The summed E-state index contributed by atoms with van der Waals surface area (Å²) >= 11 is 0. The standard InChI is InChI=1S/C30H35NO.C29H34N2O.C29H32O2.C28H33N3O/c1-22(2)31-20-28(21-31)24-15-17-27(18-16-24)30(26-13-11-23(3)12-14-26)29(10-7-19-32)25-8-5-4-6-9-25;1-23-10-12-25(13-11-23)29(28(9-6-22-32)24-7-4-3-5-8-24)26-14-16-27(17-15-26)31-20-18-30(2)19-21-31;30-21-7-12-28(24-10-5-2-6-11-24)29(26-17-19-27(31)20-18-26)25-15-13-23(14-16-25)22-8-3-1-4-9-22;1-30-17-19-31(20-18-30)26-15-11-24(12-16-26)28(23-9-13-25(29)14-10-23)27(8-5-21-32)22-6-3-2-4-7-22/h4-6,8-9,11-18,22,28,32H,7,10,19-21H2,1-3H3;3-5,7-8,10-17,32H,6,9,18-22H2,1-2H3;2,5-6,10-11,13-20,22,30-31H,1,3-4,7-9,12,21H2;2-4,6-7,9-16,32H,5,8,17-21,29H2,1H3/b30-29-;29-28-;29-28+;28-27-. The topological polar surface area (TPSA) is 143 Å². The zero-order chi connectivity index (χ0) is 88.6. The SMILES string of the molecule is CN1CCN(c2ccc(/C(=C(/CCCO)c3ccccc3)c3ccc(N)cc3)cc2)CC1.Cc1ccc(/C(=C(\CCCO)c2ccccc2)c2ccc(C3CN(C(C)C)C3)cc2)cc1.Cc1ccc(/C(=C(\CCCO)c2ccccc2)c2ccc(N3CCN(C)CC3)cc2)cc1.OCCC/C(=C(\c1ccc(O)cc1)c1ccc(C2CCCCC2)cc1)c1ccccc1. The number of allylic oxidation sites excluding steroid dienone is 4. The second-order valence-corrected chi connectivity index (χ2v) is 35.1. The number of aromatic hydroxyl groups is 1. The molecule has 1 aliphatic carbocycles. The highest BCUT2D eigenvalue weighted by atomic mass is 16.3. The van der Waals surface area contributed by atoms with Gasteiger partial charge in [0.1, 0.15) is 5.75 Å². The molecule has 3 heterocycles. The number of piperazine rings is 2. The Labute approximate surface area is 757 Å². The number of hydrogen-bond donors (Lipinski definition) is 6. The lowest BCUT2D eigenvalue weighted by Gasteiger charge is -2.42. The maximum absolute atomic E-state index is 9.84. The molecule has 7 N–H and O–H groups in total. The van der Waals surface area contributed by atoms with E-state index in [1.807, 2.05) is 36.4 Å². The first-order valence-corrected chi connectivity index (χ1v) is 46.5. The van der Waals surface area contributed by atoms with Crippen molar-refractivity contribution in [3.63, 3.8) is 0 Å². The average Bonchev–Trinajstić information content (AvgIpc) is 0.800. The Kier molecular flexibility index (Phi) is 35.1. The van der Waals surface area contributed by atoms with Gasteiger partial charge in [-0.05, 0) is 283 Å². The fourth-order valence-corrected chi connectivity index (χ4v) is 18.2. The van der Waals surface area contributed by atoms with E-state index in [0.717, 1.165) is 127 Å². The Balaban J connectivity index is 0.000000145. The number of phenols is 1. The van der Waals surface area contributed by atoms with Crippen LogP contribution >= 0.6 is 0 Å². The fourth-order valence-electron chi connectivity index (χ4n) is 18.2. The van der Waals surface area contributed by atoms with E-state index in [0.29, 0.717) is 24.3 Å². The van der Waals surface area contributed by atoms with Crippen LogP contribution in [-0.4, -0.2) is 152 Å². The third kappa shape index (κ3) is 25.9. The molecule has 12 aromatic rings. The summed E-state index contributed by atoms with van der Waals surface area (Å²) in [5.74, 6) is 1.60. The highest BCUT2D eigenvalue weighted by Crippen LogP contribution is 2.43. The molecular formula is C116H134N6O5. The Hall–Kier alpha value is -11.5. The van der Waals surface area contributed by atoms with Crippen molar-refractivity contribution in [2.24, 2.45) is 0 Å². The molecule has 0 amide bonds. The number of aliphatic hydroxyl groups excluding tert-OH is 4. The molecule has 3 saturated heterocycles. The molecule has 16 rings (SSSR count). The van der Waals surface area contributed by atoms with E-state index in [4.69, 9.17) is 5.73 Å². The summed E-state index contributed by atoms with van der Waals surface area (Å²) in [7, 11) is 4.37. The summed E-state index contributed by atoms with van der Waals surface area (Å²) in [6.45, 7) is 20.5. The van der Waals surface area contributed by atoms with Crippen LogP contribution < -0.4 is 15.5 Å². The lowest BCUT2D eigenvalue weighted by atomic mass is 9.82. The first-order chi connectivity index (χ1) is 62.1. The molecule has 127 heavy (non-hydrogen) atoms. The van der Waals surface area contributed by atoms with Gasteiger partial charge in [0, 0.05) is 121 Å². The number of likely N-dealkylation sites (N-methyl/N-ethyl adjacent to an activating group) is 2. The molecular weight excluding hydrogens is 1560 g/mol. The van der Waals surface area contributed by atoms with Gasteiger partial charge in [0.05, 0.1) is 0 Å². The van der Waals surface area contributed by atoms with Crippen LogP contribution in [0, 0.1) is 13.8 Å². The monoisotopic (exact) mass is 1690 g/mol. The van der Waals surface area contributed by atoms with Gasteiger partial charge >= 0.3 is 0 Å². The molecule has 0 atom stereocenters. The summed E-state index contributed by atoms with van der Waals surface area (Å²) in [5.41, 5.74) is 39.0. The molecule has 11 nitrogen and oxygen atoms in total. The Morgan fingerprint density at radius 1 is 0.307 bits per heavy atom. The van der Waals surface area contributed by atoms with Crippen LogP contribution in [0.25, 0.3) is 44.6 Å². The number of benzene rings is 12. The second kappa shape index (κ2) is 47.9. The van der Waals surface area contributed by atoms with Crippen molar-refractivity contribution < 1.29 is 25.5 Å². The quantitative estimate of drug-likeness (QED) is 0.0197. The highest BCUT2D eigenvalue weighted by Gasteiger charge is 2.30. The Morgan fingerprint density at radius 3 is 0.850 bits per heavy atom. The van der Waals surface area contributed by atoms with Crippen LogP contribution in [0.3, 0.4) is 0 Å². The average molecular weight is 1690 g/mol. The second-order valence-electron chi connectivity index (χ2n) is 35.1. The smallest absolute Gasteiger partial charge is 0.115 e. The van der Waals surface area contributed by atoms with E-state index in [-0.39, 0.29) is 32.2 Å². The number of rotatable bonds is 29. The molecule has 0 radical (unpaired) electrons. The van der Waals surface area contributed by atoms with Gasteiger partial charge in [-0.3, -0.25) is 4.90 Å². The minimum atomic E-state index is 0.166. The predicted octanol–water partition coefficient (Wildman–Crippen LogP) is 23.9. The number of nitrogens with two attached hydrogens (primary N) is 1. The van der Waals surface area contributed by atoms with E-state index < -0.39 is 0 Å². The van der Waals surface area contributed by atoms with Gasteiger partial charge in [-0.2, -0.15) is 0 Å². The van der Waals surface area contributed by atoms with Crippen LogP contribution in [0.15, 0.2) is 315 Å². The van der Waals surface area contributed by atoms with Crippen molar-refractivity contribution in [3.05, 3.63) is 404 Å². The molecule has 12 aromatic carbocycles. The third-order valence-corrected chi connectivity index (χ3v) is 25.7. The summed E-state index contributed by atoms with van der Waals surface area (Å²) < 4.78 is 0. The van der Waals surface area contributed by atoms with Gasteiger partial charge in [-0.1, -0.05) is 297 Å². The largest absolute Gasteiger partial charge is 0.508 e. The predicted molar refractivity (Wildman–Crippen MR) is 536 cm³/mol. The highest BCUT2D eigenvalue weighted by molar-refractivity contribution is 6.02. The van der Waals surface area contributed by atoms with Crippen molar-refractivity contribution in [3.8, 4) is 5.75 Å². The molecule has 0 unspecified atom stereocenters. The molecule has 11 heteroatoms. The Bertz CT molecular complexity index is 5250. The molecule has 1 saturated carbocycles. The summed E-state index contributed by atoms with van der Waals surface area (Å²) in [6.07, 6.45) is 12.9. The molecule has 4 fully saturated rings. The van der Waals surface area contributed by atoms with Gasteiger partial charge in [0.2, 0.25) is 0 Å². The molecule has 0 spiro atoms. The zero-order valence-electron chi connectivity index (χ0n) is 75.9. The van der Waals surface area contributed by atoms with Crippen molar-refractivity contribution in [1.29, 1.82) is 0 Å². The van der Waals surface area contributed by atoms with Crippen LogP contribution in [-0.2, 0) is 0 Å². The lowest BCUT2D eigenvalue weighted by Crippen LogP contribution is -2.48. The van der Waals surface area contributed by atoms with Crippen molar-refractivity contribution in [2.75, 3.05) is 122 Å². The van der Waals surface area contributed by atoms with E-state index in [2.05, 4.69) is 333 Å². The Morgan fingerprint density at radius 2 is 0.567 bits per heavy atom. The normalized spacial score (nSPS) is 15.5. The summed E-state index contributed by atoms with van der Waals surface area (Å²) in [4.78, 5) is 12.2. The van der Waals surface area contributed by atoms with Gasteiger partial charge in [0.15, 0.2) is 0 Å². The van der Waals surface area contributed by atoms with Crippen molar-refractivity contribution in [2.45, 2.75) is 129 Å². The van der Waals surface area contributed by atoms with Gasteiger partial charge < -0.3 is 50.9 Å². The van der Waals surface area contributed by atoms with Crippen LogP contribution in [0.1, 0.15) is 198 Å². The number of phenolic OH excluding ortho intramolecular Hbond substituents is 1. The molecule has 0 bridgehead atoms. The van der Waals surface area contributed by atoms with Crippen molar-refractivity contribution in [1.82, 2.24) is 14.7 Å². The molecule has 658 valence electrons. The number of likely N-dealkylation sites (tertiary alicyclic amines) is 1. The van der Waals surface area contributed by atoms with E-state index in [1.165, 1.54) is 166 Å². The number of nitrogen functional groups attached to an aromatic ring is 1. The number of aryl methyl sites for hydroxylation is 2. The summed E-state index contributed by atoms with van der Waals surface area (Å²) in [6, 6.07) is 112. The van der Waals surface area contributed by atoms with Gasteiger partial charge in [0.25, 0.3) is 0 Å². The number of hydrogen-bond acceptors (Lipinski definition) is 11. The molecule has 3 aliphatic heterocycles. The number of nitrogens with zero attached hydrogens (tertiary/aromatic N) is 5. The van der Waals surface area contributed by atoms with Crippen LogP contribution in [0.5, 0.6) is 5.75 Å². The first-order valence-electron chi connectivity index (χ1n) is 46.5. The number of aliphatic hydroxyl groups is 4. The molecule has 0 aromatic heterocycles. The first kappa shape index (κ1) is 93.2. The zero-order valence-corrected chi connectivity index (χ0v) is 75.9. The third-order valence-electron chi connectivity index (χ3n) is 25.7. The number of anilines is 3. The summed E-state index contributed by atoms with van der Waals surface area (Å²) in [5, 5.41) is 48.1. The van der Waals surface area contributed by atoms with Gasteiger partial charge in [-0.15, -0.1) is 0 Å². The van der Waals surface area contributed by atoms with Crippen LogP contribution in [0.2, 0.25) is 0 Å². The minimum Gasteiger partial charge on any atom is -0.508 e.